The van der Waals surface area contributed by atoms with Gasteiger partial charge in [0.15, 0.2) is 0 Å². The second kappa shape index (κ2) is 4.74. The van der Waals surface area contributed by atoms with Crippen LogP contribution in [0, 0.1) is 34.5 Å². The van der Waals surface area contributed by atoms with Gasteiger partial charge in [-0.3, -0.25) is 0 Å². The van der Waals surface area contributed by atoms with Gasteiger partial charge < -0.3 is 0 Å². The molecule has 0 radical (unpaired) electrons. The van der Waals surface area contributed by atoms with E-state index in [9.17, 15) is 0 Å². The largest absolute Gasteiger partial charge is 0.0882 e. The Morgan fingerprint density at radius 2 is 1.86 bits per heavy atom. The van der Waals surface area contributed by atoms with E-state index < -0.39 is 0 Å². The van der Waals surface area contributed by atoms with Gasteiger partial charge >= 0.3 is 0 Å². The summed E-state index contributed by atoms with van der Waals surface area (Å²) in [5, 5.41) is 0. The van der Waals surface area contributed by atoms with Crippen molar-refractivity contribution in [3.05, 3.63) is 23.8 Å². The third-order valence-electron chi connectivity index (χ3n) is 8.27. The zero-order valence-electron chi connectivity index (χ0n) is 14.2. The third-order valence-corrected chi connectivity index (χ3v) is 8.27. The van der Waals surface area contributed by atoms with E-state index in [4.69, 9.17) is 0 Å². The summed E-state index contributed by atoms with van der Waals surface area (Å²) in [4.78, 5) is 0. The van der Waals surface area contributed by atoms with E-state index in [0.717, 1.165) is 23.7 Å². The highest BCUT2D eigenvalue weighted by Gasteiger charge is 2.56. The minimum atomic E-state index is 0.574. The Kier molecular flexibility index (Phi) is 3.18. The molecule has 1 unspecified atom stereocenters. The highest BCUT2D eigenvalue weighted by atomic mass is 14.6. The van der Waals surface area contributed by atoms with Crippen molar-refractivity contribution in [2.45, 2.75) is 72.1 Å². The zero-order valence-corrected chi connectivity index (χ0v) is 14.2. The van der Waals surface area contributed by atoms with Crippen molar-refractivity contribution < 1.29 is 0 Å². The van der Waals surface area contributed by atoms with Crippen molar-refractivity contribution in [1.82, 2.24) is 0 Å². The van der Waals surface area contributed by atoms with Crippen LogP contribution in [0.2, 0.25) is 0 Å². The average molecular weight is 284 g/mol. The molecule has 0 heterocycles. The van der Waals surface area contributed by atoms with Crippen molar-refractivity contribution in [2.24, 2.45) is 34.5 Å². The first-order chi connectivity index (χ1) is 10.1. The van der Waals surface area contributed by atoms with Crippen LogP contribution >= 0.6 is 0 Å². The highest BCUT2D eigenvalue weighted by Crippen LogP contribution is 2.65. The van der Waals surface area contributed by atoms with Crippen LogP contribution in [-0.2, 0) is 0 Å². The first kappa shape index (κ1) is 14.1. The number of fused-ring (bicyclic) bond motifs is 5. The number of hydrogen-bond donors (Lipinski definition) is 0. The Balaban J connectivity index is 1.71. The molecule has 0 saturated heterocycles. The predicted molar refractivity (Wildman–Crippen MR) is 90.0 cm³/mol. The lowest BCUT2D eigenvalue weighted by Crippen LogP contribution is -2.47. The second-order valence-corrected chi connectivity index (χ2v) is 8.85. The smallest absolute Gasteiger partial charge is 0.0139 e. The molecule has 21 heavy (non-hydrogen) atoms. The molecule has 0 nitrogen and oxygen atoms in total. The molecule has 2 saturated carbocycles. The van der Waals surface area contributed by atoms with E-state index in [1.807, 2.05) is 5.57 Å². The van der Waals surface area contributed by atoms with Gasteiger partial charge in [-0.1, -0.05) is 51.0 Å². The fraction of sp³-hybridized carbons (Fsp3) is 0.810. The minimum absolute atomic E-state index is 0.574. The summed E-state index contributed by atoms with van der Waals surface area (Å²) in [5.74, 6) is 3.63. The molecule has 0 N–H and O–H groups in total. The second-order valence-electron chi connectivity index (χ2n) is 8.85. The maximum Gasteiger partial charge on any atom is -0.0139 e. The standard InChI is InChI=1S/C21H32/c1-4-15-9-11-18-17-10-8-16-7-5-6-13-20(16,2)19(17)12-14-21(15,18)3/h5,7,10,15-16,18-19H,4,6,8-9,11-14H2,1-3H3/t15-,16?,18-,19-,20-,21+/m0/s1. The van der Waals surface area contributed by atoms with E-state index in [1.54, 1.807) is 0 Å². The molecule has 0 aliphatic heterocycles. The fourth-order valence-electron chi connectivity index (χ4n) is 6.87. The van der Waals surface area contributed by atoms with Crippen LogP contribution in [0.5, 0.6) is 0 Å². The third kappa shape index (κ3) is 1.80. The average Bonchev–Trinajstić information content (AvgIpc) is 2.83. The van der Waals surface area contributed by atoms with Crippen LogP contribution in [-0.4, -0.2) is 0 Å². The molecule has 0 aromatic heterocycles. The minimum Gasteiger partial charge on any atom is -0.0882 e. The predicted octanol–water partition coefficient (Wildman–Crippen LogP) is 6.14. The Morgan fingerprint density at radius 3 is 2.67 bits per heavy atom. The monoisotopic (exact) mass is 284 g/mol. The molecule has 0 bridgehead atoms. The molecule has 0 heteroatoms. The molecule has 6 atom stereocenters. The summed E-state index contributed by atoms with van der Waals surface area (Å²) >= 11 is 0. The van der Waals surface area contributed by atoms with E-state index in [-0.39, 0.29) is 0 Å². The van der Waals surface area contributed by atoms with Crippen LogP contribution in [0.25, 0.3) is 0 Å². The van der Waals surface area contributed by atoms with Crippen molar-refractivity contribution in [2.75, 3.05) is 0 Å². The molecular weight excluding hydrogens is 252 g/mol. The Hall–Kier alpha value is -0.520. The van der Waals surface area contributed by atoms with Crippen molar-refractivity contribution in [1.29, 1.82) is 0 Å². The topological polar surface area (TPSA) is 0 Å². The van der Waals surface area contributed by atoms with Gasteiger partial charge in [-0.2, -0.15) is 0 Å². The van der Waals surface area contributed by atoms with E-state index in [2.05, 4.69) is 39.0 Å². The molecular formula is C21H32. The Labute approximate surface area is 131 Å². The maximum atomic E-state index is 2.70. The van der Waals surface area contributed by atoms with Gasteiger partial charge in [0, 0.05) is 0 Å². The maximum absolute atomic E-state index is 2.70. The number of hydrogen-bond acceptors (Lipinski definition) is 0. The van der Waals surface area contributed by atoms with Gasteiger partial charge in [-0.25, -0.2) is 0 Å². The van der Waals surface area contributed by atoms with Gasteiger partial charge in [-0.15, -0.1) is 0 Å². The molecule has 4 aliphatic carbocycles. The van der Waals surface area contributed by atoms with Gasteiger partial charge in [0.1, 0.15) is 0 Å². The molecule has 0 spiro atoms. The lowest BCUT2D eigenvalue weighted by molar-refractivity contribution is 0.0289. The Morgan fingerprint density at radius 1 is 1.05 bits per heavy atom. The number of rotatable bonds is 1. The fourth-order valence-corrected chi connectivity index (χ4v) is 6.87. The lowest BCUT2D eigenvalue weighted by atomic mass is 9.49. The summed E-state index contributed by atoms with van der Waals surface area (Å²) < 4.78 is 0. The van der Waals surface area contributed by atoms with Gasteiger partial charge in [0.2, 0.25) is 0 Å². The van der Waals surface area contributed by atoms with Gasteiger partial charge in [0.05, 0.1) is 0 Å². The van der Waals surface area contributed by atoms with E-state index in [0.29, 0.717) is 10.8 Å². The van der Waals surface area contributed by atoms with Gasteiger partial charge in [0.25, 0.3) is 0 Å². The first-order valence-corrected chi connectivity index (χ1v) is 9.46. The quantitative estimate of drug-likeness (QED) is 0.507. The lowest BCUT2D eigenvalue weighted by Gasteiger charge is -2.56. The summed E-state index contributed by atoms with van der Waals surface area (Å²) in [6.45, 7) is 7.67. The van der Waals surface area contributed by atoms with Crippen molar-refractivity contribution in [3.8, 4) is 0 Å². The van der Waals surface area contributed by atoms with E-state index >= 15 is 0 Å². The van der Waals surface area contributed by atoms with Gasteiger partial charge in [-0.05, 0) is 79.4 Å². The van der Waals surface area contributed by atoms with Crippen LogP contribution in [0.15, 0.2) is 23.8 Å². The molecule has 116 valence electrons. The molecule has 4 aliphatic rings. The van der Waals surface area contributed by atoms with Crippen LogP contribution in [0.1, 0.15) is 72.1 Å². The Bertz CT molecular complexity index is 484. The molecule has 0 aromatic rings. The van der Waals surface area contributed by atoms with Crippen molar-refractivity contribution in [3.63, 3.8) is 0 Å². The highest BCUT2D eigenvalue weighted by molar-refractivity contribution is 5.29. The molecule has 0 aromatic carbocycles. The van der Waals surface area contributed by atoms with Crippen LogP contribution in [0.4, 0.5) is 0 Å². The van der Waals surface area contributed by atoms with Crippen LogP contribution < -0.4 is 0 Å². The molecule has 0 amide bonds. The zero-order chi connectivity index (χ0) is 14.7. The summed E-state index contributed by atoms with van der Waals surface area (Å²) in [6.07, 6.45) is 19.1. The van der Waals surface area contributed by atoms with Crippen molar-refractivity contribution >= 4 is 0 Å². The van der Waals surface area contributed by atoms with E-state index in [1.165, 1.54) is 51.4 Å². The summed E-state index contributed by atoms with van der Waals surface area (Å²) in [7, 11) is 0. The SMILES string of the molecule is CC[C@H]1CC[C@H]2C3=CCC4C=CCC[C@]4(C)[C@H]3CC[C@]12C. The first-order valence-electron chi connectivity index (χ1n) is 9.46. The number of allylic oxidation sites excluding steroid dienone is 4. The van der Waals surface area contributed by atoms with Crippen LogP contribution in [0.3, 0.4) is 0 Å². The molecule has 2 fully saturated rings. The normalized spacial score (nSPS) is 51.9. The summed E-state index contributed by atoms with van der Waals surface area (Å²) in [5.41, 5.74) is 3.11. The summed E-state index contributed by atoms with van der Waals surface area (Å²) in [6, 6.07) is 0. The molecule has 4 rings (SSSR count).